The van der Waals surface area contributed by atoms with Crippen LogP contribution < -0.4 is 0 Å². The Balaban J connectivity index is 2.13. The maximum absolute atomic E-state index is 4.93. The van der Waals surface area contributed by atoms with Crippen LogP contribution in [0.25, 0.3) is 0 Å². The van der Waals surface area contributed by atoms with Crippen molar-refractivity contribution >= 4 is 36.2 Å². The molecule has 1 heterocycles. The molecule has 0 aromatic carbocycles. The summed E-state index contributed by atoms with van der Waals surface area (Å²) in [6.07, 6.45) is 1.38. The summed E-state index contributed by atoms with van der Waals surface area (Å²) in [7, 11) is 0. The van der Waals surface area contributed by atoms with Crippen LogP contribution in [0.2, 0.25) is 0 Å². The normalized spacial score (nSPS) is 23.6. The van der Waals surface area contributed by atoms with Crippen molar-refractivity contribution in [2.24, 2.45) is 0 Å². The first kappa shape index (κ1) is 7.16. The second-order valence-electron chi connectivity index (χ2n) is 1.69. The molecule has 8 heavy (non-hydrogen) atoms. The van der Waals surface area contributed by atoms with E-state index >= 15 is 0 Å². The van der Waals surface area contributed by atoms with Crippen molar-refractivity contribution in [3.8, 4) is 0 Å². The Morgan fingerprint density at radius 1 is 1.38 bits per heavy atom. The van der Waals surface area contributed by atoms with Gasteiger partial charge >= 0.3 is 0 Å². The summed E-state index contributed by atoms with van der Waals surface area (Å²) in [6, 6.07) is 0. The molecule has 0 aromatic heterocycles. The quantitative estimate of drug-likeness (QED) is 0.585. The maximum Gasteiger partial charge on any atom is 0.0601 e. The number of hydrogen-bond donors (Lipinski definition) is 0. The van der Waals surface area contributed by atoms with Crippen LogP contribution in [-0.4, -0.2) is 21.8 Å². The Hall–Kier alpha value is 1.05. The smallest absolute Gasteiger partial charge is 0.0601 e. The molecule has 47 valence electrons. The summed E-state index contributed by atoms with van der Waals surface area (Å²) in [4.78, 5) is 0. The van der Waals surface area contributed by atoms with Crippen LogP contribution in [0.4, 0.5) is 0 Å². The molecule has 0 spiro atoms. The Kier molecular flexibility index (Phi) is 3.55. The number of thioether (sulfide) groups is 2. The van der Waals surface area contributed by atoms with Crippen LogP contribution in [0.15, 0.2) is 0 Å². The fourth-order valence-electron chi connectivity index (χ4n) is 0.633. The maximum atomic E-state index is 4.93. The average molecular weight is 165 g/mol. The van der Waals surface area contributed by atoms with Gasteiger partial charge in [-0.25, -0.2) is 0 Å². The summed E-state index contributed by atoms with van der Waals surface area (Å²) >= 11 is 8.97. The van der Waals surface area contributed by atoms with Gasteiger partial charge in [0.25, 0.3) is 0 Å². The van der Waals surface area contributed by atoms with Gasteiger partial charge in [0.2, 0.25) is 0 Å². The molecular formula is C5H9S3. The van der Waals surface area contributed by atoms with E-state index in [2.05, 4.69) is 0 Å². The second-order valence-corrected chi connectivity index (χ2v) is 4.94. The summed E-state index contributed by atoms with van der Waals surface area (Å²) < 4.78 is 0.735. The zero-order valence-corrected chi connectivity index (χ0v) is 7.08. The van der Waals surface area contributed by atoms with Crippen molar-refractivity contribution in [2.75, 3.05) is 17.3 Å². The molecule has 0 unspecified atom stereocenters. The third-order valence-corrected chi connectivity index (χ3v) is 4.73. The van der Waals surface area contributed by atoms with Crippen LogP contribution in [0.5, 0.6) is 0 Å². The van der Waals surface area contributed by atoms with Crippen molar-refractivity contribution in [3.63, 3.8) is 0 Å². The molecular weight excluding hydrogens is 156 g/mol. The fourth-order valence-corrected chi connectivity index (χ4v) is 3.70. The molecule has 1 radical (unpaired) electrons. The first-order chi connectivity index (χ1) is 3.93. The van der Waals surface area contributed by atoms with Crippen molar-refractivity contribution in [2.45, 2.75) is 11.0 Å². The highest BCUT2D eigenvalue weighted by Gasteiger charge is 2.11. The van der Waals surface area contributed by atoms with Crippen LogP contribution in [0.3, 0.4) is 0 Å². The zero-order chi connectivity index (χ0) is 5.82. The van der Waals surface area contributed by atoms with Crippen molar-refractivity contribution in [1.82, 2.24) is 0 Å². The van der Waals surface area contributed by atoms with Gasteiger partial charge in [-0.1, -0.05) is 12.6 Å². The average Bonchev–Trinajstić information content (AvgIpc) is 1.90. The molecule has 1 aliphatic heterocycles. The highest BCUT2D eigenvalue weighted by molar-refractivity contribution is 8.18. The lowest BCUT2D eigenvalue weighted by molar-refractivity contribution is 1.10. The van der Waals surface area contributed by atoms with Gasteiger partial charge in [0, 0.05) is 5.75 Å². The molecule has 0 N–H and O–H groups in total. The molecule has 0 aromatic rings. The van der Waals surface area contributed by atoms with E-state index in [0.29, 0.717) is 0 Å². The van der Waals surface area contributed by atoms with Gasteiger partial charge in [0.05, 0.1) is 4.58 Å². The predicted molar refractivity (Wildman–Crippen MR) is 45.8 cm³/mol. The van der Waals surface area contributed by atoms with Gasteiger partial charge in [-0.3, -0.25) is 0 Å². The van der Waals surface area contributed by atoms with E-state index in [-0.39, 0.29) is 0 Å². The largest absolute Gasteiger partial charge is 0.147 e. The Morgan fingerprint density at radius 2 is 2.00 bits per heavy atom. The van der Waals surface area contributed by atoms with Crippen LogP contribution in [-0.2, 0) is 0 Å². The van der Waals surface area contributed by atoms with Crippen LogP contribution in [0.1, 0.15) is 6.42 Å². The second kappa shape index (κ2) is 3.96. The minimum Gasteiger partial charge on any atom is -0.147 e. The van der Waals surface area contributed by atoms with Gasteiger partial charge < -0.3 is 0 Å². The van der Waals surface area contributed by atoms with E-state index in [1.165, 1.54) is 17.9 Å². The van der Waals surface area contributed by atoms with Gasteiger partial charge in [-0.15, -0.1) is 23.5 Å². The van der Waals surface area contributed by atoms with Gasteiger partial charge in [0.1, 0.15) is 0 Å². The fraction of sp³-hybridized carbons (Fsp3) is 1.00. The third-order valence-electron chi connectivity index (χ3n) is 1.03. The SMILES string of the molecule is [S]CC1SCCCS1. The highest BCUT2D eigenvalue weighted by Crippen LogP contribution is 2.30. The van der Waals surface area contributed by atoms with E-state index in [1.807, 2.05) is 23.5 Å². The van der Waals surface area contributed by atoms with Gasteiger partial charge in [-0.05, 0) is 17.9 Å². The molecule has 3 heteroatoms. The van der Waals surface area contributed by atoms with E-state index in [4.69, 9.17) is 12.6 Å². The Bertz CT molecular complexity index is 58.7. The van der Waals surface area contributed by atoms with Gasteiger partial charge in [-0.2, -0.15) is 0 Å². The van der Waals surface area contributed by atoms with Crippen molar-refractivity contribution in [3.05, 3.63) is 0 Å². The summed E-state index contributed by atoms with van der Waals surface area (Å²) in [5.41, 5.74) is 0. The first-order valence-electron chi connectivity index (χ1n) is 2.75. The lowest BCUT2D eigenvalue weighted by atomic mass is 10.6. The lowest BCUT2D eigenvalue weighted by Gasteiger charge is -2.17. The highest BCUT2D eigenvalue weighted by atomic mass is 32.2. The molecule has 0 aliphatic carbocycles. The molecule has 1 aliphatic rings. The van der Waals surface area contributed by atoms with Crippen molar-refractivity contribution in [1.29, 1.82) is 0 Å². The van der Waals surface area contributed by atoms with E-state index in [9.17, 15) is 0 Å². The molecule has 0 saturated carbocycles. The monoisotopic (exact) mass is 165 g/mol. The Labute approximate surface area is 64.6 Å². The van der Waals surface area contributed by atoms with E-state index in [0.717, 1.165) is 10.3 Å². The van der Waals surface area contributed by atoms with Crippen molar-refractivity contribution < 1.29 is 0 Å². The summed E-state index contributed by atoms with van der Waals surface area (Å²) in [5, 5.41) is 0. The molecule has 0 bridgehead atoms. The first-order valence-corrected chi connectivity index (χ1v) is 5.42. The van der Waals surface area contributed by atoms with Gasteiger partial charge in [0.15, 0.2) is 0 Å². The third kappa shape index (κ3) is 2.11. The molecule has 1 saturated heterocycles. The topological polar surface area (TPSA) is 0 Å². The summed E-state index contributed by atoms with van der Waals surface area (Å²) in [5.74, 6) is 3.58. The van der Waals surface area contributed by atoms with E-state index in [1.54, 1.807) is 0 Å². The molecule has 0 atom stereocenters. The minimum absolute atomic E-state index is 0.735. The Morgan fingerprint density at radius 3 is 2.38 bits per heavy atom. The lowest BCUT2D eigenvalue weighted by Crippen LogP contribution is -2.07. The predicted octanol–water partition coefficient (Wildman–Crippen LogP) is 2.38. The summed E-state index contributed by atoms with van der Waals surface area (Å²) in [6.45, 7) is 0. The molecule has 1 rings (SSSR count). The van der Waals surface area contributed by atoms with Crippen LogP contribution >= 0.6 is 36.2 Å². The molecule has 0 amide bonds. The molecule has 0 nitrogen and oxygen atoms in total. The number of rotatable bonds is 1. The minimum atomic E-state index is 0.735. The zero-order valence-electron chi connectivity index (χ0n) is 4.63. The number of hydrogen-bond acceptors (Lipinski definition) is 2. The van der Waals surface area contributed by atoms with E-state index < -0.39 is 0 Å². The molecule has 1 fully saturated rings. The standard InChI is InChI=1S/C5H9S3/c6-4-5-7-2-1-3-8-5/h5H,1-4H2. The van der Waals surface area contributed by atoms with Crippen LogP contribution in [0, 0.1) is 0 Å².